The SMILES string of the molecule is CC1CSC(CCc2ccc(Cl)cc2)(Cn2ccnc2)S1. The van der Waals surface area contributed by atoms with Crippen molar-refractivity contribution in [2.75, 3.05) is 5.75 Å². The molecule has 2 nitrogen and oxygen atoms in total. The summed E-state index contributed by atoms with van der Waals surface area (Å²) in [5.41, 5.74) is 1.37. The third kappa shape index (κ3) is 3.99. The lowest BCUT2D eigenvalue weighted by atomic mass is 10.1. The maximum atomic E-state index is 5.96. The van der Waals surface area contributed by atoms with E-state index in [0.717, 1.165) is 23.2 Å². The van der Waals surface area contributed by atoms with Crippen molar-refractivity contribution in [1.82, 2.24) is 9.55 Å². The summed E-state index contributed by atoms with van der Waals surface area (Å²) in [5, 5.41) is 1.54. The standard InChI is InChI=1S/C16H19ClN2S2/c1-13-10-20-16(21-13,11-19-9-8-18-12-19)7-6-14-2-4-15(17)5-3-14/h2-5,8-9,12-13H,6-7,10-11H2,1H3. The van der Waals surface area contributed by atoms with Crippen molar-refractivity contribution in [2.45, 2.75) is 35.6 Å². The minimum Gasteiger partial charge on any atom is -0.335 e. The second kappa shape index (κ2) is 6.67. The van der Waals surface area contributed by atoms with Crippen LogP contribution in [0.4, 0.5) is 0 Å². The molecule has 0 N–H and O–H groups in total. The molecule has 2 heterocycles. The zero-order chi connectivity index (χ0) is 14.7. The monoisotopic (exact) mass is 338 g/mol. The molecular weight excluding hydrogens is 320 g/mol. The van der Waals surface area contributed by atoms with E-state index in [9.17, 15) is 0 Å². The van der Waals surface area contributed by atoms with Crippen molar-refractivity contribution in [3.63, 3.8) is 0 Å². The number of hydrogen-bond donors (Lipinski definition) is 0. The van der Waals surface area contributed by atoms with Gasteiger partial charge >= 0.3 is 0 Å². The van der Waals surface area contributed by atoms with Gasteiger partial charge in [-0.25, -0.2) is 4.98 Å². The first-order valence-electron chi connectivity index (χ1n) is 7.17. The van der Waals surface area contributed by atoms with Crippen molar-refractivity contribution < 1.29 is 0 Å². The van der Waals surface area contributed by atoms with Gasteiger partial charge in [0.25, 0.3) is 0 Å². The fourth-order valence-corrected chi connectivity index (χ4v) is 6.41. The summed E-state index contributed by atoms with van der Waals surface area (Å²) in [5.74, 6) is 1.24. The Morgan fingerprint density at radius 1 is 1.38 bits per heavy atom. The maximum Gasteiger partial charge on any atom is 0.0946 e. The molecule has 2 atom stereocenters. The lowest BCUT2D eigenvalue weighted by Gasteiger charge is -2.28. The molecule has 3 rings (SSSR count). The first-order valence-corrected chi connectivity index (χ1v) is 9.41. The topological polar surface area (TPSA) is 17.8 Å². The zero-order valence-electron chi connectivity index (χ0n) is 12.0. The van der Waals surface area contributed by atoms with E-state index in [1.165, 1.54) is 17.7 Å². The van der Waals surface area contributed by atoms with Crippen LogP contribution in [0.5, 0.6) is 0 Å². The maximum absolute atomic E-state index is 5.96. The molecule has 1 fully saturated rings. The summed E-state index contributed by atoms with van der Waals surface area (Å²) >= 11 is 10.2. The summed E-state index contributed by atoms with van der Waals surface area (Å²) in [4.78, 5) is 4.17. The van der Waals surface area contributed by atoms with Gasteiger partial charge in [-0.1, -0.05) is 30.7 Å². The Bertz CT molecular complexity index is 570. The van der Waals surface area contributed by atoms with E-state index >= 15 is 0 Å². The average Bonchev–Trinajstić information content (AvgIpc) is 3.09. The van der Waals surface area contributed by atoms with Crippen LogP contribution >= 0.6 is 35.1 Å². The van der Waals surface area contributed by atoms with Gasteiger partial charge in [-0.3, -0.25) is 0 Å². The van der Waals surface area contributed by atoms with Gasteiger partial charge in [0.1, 0.15) is 0 Å². The van der Waals surface area contributed by atoms with Crippen molar-refractivity contribution in [3.05, 3.63) is 53.6 Å². The predicted octanol–water partition coefficient (Wildman–Crippen LogP) is 4.73. The fraction of sp³-hybridized carbons (Fsp3) is 0.438. The van der Waals surface area contributed by atoms with Crippen LogP contribution < -0.4 is 0 Å². The molecule has 1 aliphatic heterocycles. The lowest BCUT2D eigenvalue weighted by Crippen LogP contribution is -2.25. The third-order valence-electron chi connectivity index (χ3n) is 3.69. The molecular formula is C16H19ClN2S2. The quantitative estimate of drug-likeness (QED) is 0.784. The highest BCUT2D eigenvalue weighted by atomic mass is 35.5. The van der Waals surface area contributed by atoms with Gasteiger partial charge in [-0.15, -0.1) is 23.5 Å². The van der Waals surface area contributed by atoms with E-state index in [1.807, 2.05) is 24.7 Å². The second-order valence-corrected chi connectivity index (χ2v) is 9.43. The Morgan fingerprint density at radius 3 is 2.81 bits per heavy atom. The number of nitrogens with zero attached hydrogens (tertiary/aromatic N) is 2. The van der Waals surface area contributed by atoms with E-state index in [-0.39, 0.29) is 4.08 Å². The molecule has 0 bridgehead atoms. The number of rotatable bonds is 5. The highest BCUT2D eigenvalue weighted by Gasteiger charge is 2.39. The molecule has 0 aliphatic carbocycles. The van der Waals surface area contributed by atoms with E-state index in [2.05, 4.69) is 58.3 Å². The van der Waals surface area contributed by atoms with Crippen molar-refractivity contribution in [1.29, 1.82) is 0 Å². The van der Waals surface area contributed by atoms with Crippen LogP contribution in [0.25, 0.3) is 0 Å². The Labute approximate surface area is 139 Å². The van der Waals surface area contributed by atoms with Crippen LogP contribution in [0.2, 0.25) is 5.02 Å². The van der Waals surface area contributed by atoms with Gasteiger partial charge in [0, 0.05) is 35.0 Å². The first kappa shape index (κ1) is 15.3. The normalized spacial score (nSPS) is 25.3. The summed E-state index contributed by atoms with van der Waals surface area (Å²) in [6.45, 7) is 3.36. The molecule has 1 saturated heterocycles. The molecule has 2 aromatic rings. The average molecular weight is 339 g/mol. The molecule has 112 valence electrons. The molecule has 21 heavy (non-hydrogen) atoms. The van der Waals surface area contributed by atoms with Gasteiger partial charge in [0.15, 0.2) is 0 Å². The molecule has 0 spiro atoms. The Morgan fingerprint density at radius 2 is 2.19 bits per heavy atom. The number of aryl methyl sites for hydroxylation is 1. The number of thioether (sulfide) groups is 2. The fourth-order valence-electron chi connectivity index (χ4n) is 2.64. The van der Waals surface area contributed by atoms with E-state index in [4.69, 9.17) is 11.6 Å². The Balaban J connectivity index is 1.69. The van der Waals surface area contributed by atoms with Crippen LogP contribution in [0.3, 0.4) is 0 Å². The number of aromatic nitrogens is 2. The number of halogens is 1. The van der Waals surface area contributed by atoms with E-state index < -0.39 is 0 Å². The summed E-state index contributed by atoms with van der Waals surface area (Å²) in [6.07, 6.45) is 8.12. The first-order chi connectivity index (χ1) is 10.2. The Hall–Kier alpha value is -0.580. The van der Waals surface area contributed by atoms with Gasteiger partial charge in [0.05, 0.1) is 10.4 Å². The lowest BCUT2D eigenvalue weighted by molar-refractivity contribution is 0.592. The van der Waals surface area contributed by atoms with Crippen LogP contribution in [0.1, 0.15) is 18.9 Å². The van der Waals surface area contributed by atoms with Gasteiger partial charge in [0.2, 0.25) is 0 Å². The highest BCUT2D eigenvalue weighted by molar-refractivity contribution is 8.21. The van der Waals surface area contributed by atoms with Gasteiger partial charge in [-0.2, -0.15) is 0 Å². The van der Waals surface area contributed by atoms with Crippen molar-refractivity contribution in [3.8, 4) is 0 Å². The smallest absolute Gasteiger partial charge is 0.0946 e. The van der Waals surface area contributed by atoms with Crippen molar-refractivity contribution in [2.24, 2.45) is 0 Å². The predicted molar refractivity (Wildman–Crippen MR) is 94.2 cm³/mol. The van der Waals surface area contributed by atoms with E-state index in [1.54, 1.807) is 0 Å². The molecule has 0 radical (unpaired) electrons. The second-order valence-electron chi connectivity index (χ2n) is 5.51. The minimum absolute atomic E-state index is 0.264. The molecule has 1 aromatic heterocycles. The van der Waals surface area contributed by atoms with Crippen LogP contribution in [-0.2, 0) is 13.0 Å². The summed E-state index contributed by atoms with van der Waals surface area (Å²) in [7, 11) is 0. The molecule has 0 saturated carbocycles. The van der Waals surface area contributed by atoms with E-state index in [0.29, 0.717) is 0 Å². The molecule has 1 aromatic carbocycles. The molecule has 0 amide bonds. The summed E-state index contributed by atoms with van der Waals surface area (Å²) in [6, 6.07) is 8.25. The van der Waals surface area contributed by atoms with Crippen molar-refractivity contribution >= 4 is 35.1 Å². The Kier molecular flexibility index (Phi) is 4.87. The van der Waals surface area contributed by atoms with Gasteiger partial charge < -0.3 is 4.57 Å². The van der Waals surface area contributed by atoms with Crippen LogP contribution in [0, 0.1) is 0 Å². The third-order valence-corrected chi connectivity index (χ3v) is 7.65. The van der Waals surface area contributed by atoms with Gasteiger partial charge in [-0.05, 0) is 30.5 Å². The zero-order valence-corrected chi connectivity index (χ0v) is 14.4. The number of imidazole rings is 1. The van der Waals surface area contributed by atoms with Crippen LogP contribution in [-0.4, -0.2) is 24.6 Å². The summed E-state index contributed by atoms with van der Waals surface area (Å²) < 4.78 is 2.47. The minimum atomic E-state index is 0.264. The number of hydrogen-bond acceptors (Lipinski definition) is 3. The molecule has 1 aliphatic rings. The molecule has 2 unspecified atom stereocenters. The largest absolute Gasteiger partial charge is 0.335 e. The molecule has 5 heteroatoms. The van der Waals surface area contributed by atoms with Crippen LogP contribution in [0.15, 0.2) is 43.0 Å². The number of benzene rings is 1. The highest BCUT2D eigenvalue weighted by Crippen LogP contribution is 2.51.